The first-order chi connectivity index (χ1) is 13.0. The lowest BCUT2D eigenvalue weighted by molar-refractivity contribution is -0.136. The number of aromatic nitrogens is 2. The predicted octanol–water partition coefficient (Wildman–Crippen LogP) is 3.94. The molecular weight excluding hydrogens is 362 g/mol. The lowest BCUT2D eigenvalue weighted by Crippen LogP contribution is -2.05. The highest BCUT2D eigenvalue weighted by Gasteiger charge is 2.14. The average molecular weight is 383 g/mol. The van der Waals surface area contributed by atoms with Crippen LogP contribution in [0.15, 0.2) is 36.4 Å². The van der Waals surface area contributed by atoms with Gasteiger partial charge in [0.05, 0.1) is 17.9 Å². The van der Waals surface area contributed by atoms with Gasteiger partial charge in [-0.2, -0.15) is 0 Å². The van der Waals surface area contributed by atoms with Crippen LogP contribution in [0.1, 0.15) is 28.6 Å². The minimum absolute atomic E-state index is 0.00280. The summed E-state index contributed by atoms with van der Waals surface area (Å²) < 4.78 is 0. The standard InChI is InChI=1S/C20H21N3O3S/c1-3-16-12(2)21-20(17-9-8-15(11-24)27-17)23-19(16)22-14-6-4-13(5-7-14)10-18(25)26/h4-9,24H,3,10-11H2,1-2H3,(H,25,26)(H,21,22,23). The van der Waals surface area contributed by atoms with Crippen molar-refractivity contribution in [2.45, 2.75) is 33.3 Å². The number of thiophene rings is 1. The fourth-order valence-corrected chi connectivity index (χ4v) is 3.64. The minimum Gasteiger partial charge on any atom is -0.481 e. The van der Waals surface area contributed by atoms with Crippen LogP contribution >= 0.6 is 11.3 Å². The molecule has 0 radical (unpaired) electrons. The number of carboxylic acids is 1. The normalized spacial score (nSPS) is 10.8. The second-order valence-electron chi connectivity index (χ2n) is 6.13. The van der Waals surface area contributed by atoms with E-state index >= 15 is 0 Å². The number of aryl methyl sites for hydroxylation is 1. The molecule has 0 bridgehead atoms. The van der Waals surface area contributed by atoms with Crippen molar-refractivity contribution in [2.24, 2.45) is 0 Å². The van der Waals surface area contributed by atoms with Gasteiger partial charge in [0, 0.05) is 21.8 Å². The Morgan fingerprint density at radius 2 is 1.89 bits per heavy atom. The van der Waals surface area contributed by atoms with Gasteiger partial charge in [-0.15, -0.1) is 11.3 Å². The molecule has 3 N–H and O–H groups in total. The van der Waals surface area contributed by atoms with Gasteiger partial charge in [-0.25, -0.2) is 9.97 Å². The van der Waals surface area contributed by atoms with Crippen molar-refractivity contribution in [1.29, 1.82) is 0 Å². The summed E-state index contributed by atoms with van der Waals surface area (Å²) in [6.45, 7) is 4.03. The first kappa shape index (κ1) is 19.0. The fourth-order valence-electron chi connectivity index (χ4n) is 2.83. The van der Waals surface area contributed by atoms with Gasteiger partial charge in [-0.05, 0) is 43.2 Å². The van der Waals surface area contributed by atoms with Crippen molar-refractivity contribution < 1.29 is 15.0 Å². The Bertz CT molecular complexity index is 952. The number of nitrogens with one attached hydrogen (secondary N) is 1. The van der Waals surface area contributed by atoms with E-state index in [0.29, 0.717) is 5.82 Å². The van der Waals surface area contributed by atoms with Gasteiger partial charge < -0.3 is 15.5 Å². The van der Waals surface area contributed by atoms with Crippen LogP contribution in [0.2, 0.25) is 0 Å². The number of nitrogens with zero attached hydrogens (tertiary/aromatic N) is 2. The van der Waals surface area contributed by atoms with Crippen LogP contribution < -0.4 is 5.32 Å². The minimum atomic E-state index is -0.849. The second kappa shape index (κ2) is 8.28. The Labute approximate surface area is 161 Å². The Hall–Kier alpha value is -2.77. The number of anilines is 2. The summed E-state index contributed by atoms with van der Waals surface area (Å²) >= 11 is 1.47. The highest BCUT2D eigenvalue weighted by molar-refractivity contribution is 7.15. The largest absolute Gasteiger partial charge is 0.481 e. The molecule has 0 aliphatic carbocycles. The number of hydrogen-bond acceptors (Lipinski definition) is 6. The third kappa shape index (κ3) is 4.50. The maximum Gasteiger partial charge on any atom is 0.307 e. The van der Waals surface area contributed by atoms with E-state index in [9.17, 15) is 9.90 Å². The number of aliphatic hydroxyl groups is 1. The summed E-state index contributed by atoms with van der Waals surface area (Å²) in [5, 5.41) is 21.5. The van der Waals surface area contributed by atoms with Gasteiger partial charge in [-0.3, -0.25) is 4.79 Å². The molecule has 2 aromatic heterocycles. The van der Waals surface area contributed by atoms with Gasteiger partial charge in [0.25, 0.3) is 0 Å². The molecule has 0 unspecified atom stereocenters. The number of rotatable bonds is 7. The number of aliphatic carboxylic acids is 1. The molecule has 6 nitrogen and oxygen atoms in total. The van der Waals surface area contributed by atoms with Crippen LogP contribution in [0, 0.1) is 6.92 Å². The van der Waals surface area contributed by atoms with Crippen LogP contribution in [0.5, 0.6) is 0 Å². The van der Waals surface area contributed by atoms with Gasteiger partial charge in [0.2, 0.25) is 0 Å². The number of aliphatic hydroxyl groups excluding tert-OH is 1. The van der Waals surface area contributed by atoms with Gasteiger partial charge in [0.15, 0.2) is 5.82 Å². The molecule has 1 aromatic carbocycles. The molecule has 0 atom stereocenters. The van der Waals surface area contributed by atoms with Crippen molar-refractivity contribution in [3.63, 3.8) is 0 Å². The fraction of sp³-hybridized carbons (Fsp3) is 0.250. The van der Waals surface area contributed by atoms with E-state index in [0.717, 1.165) is 44.5 Å². The molecule has 0 amide bonds. The molecule has 0 aliphatic rings. The molecule has 0 saturated heterocycles. The van der Waals surface area contributed by atoms with Crippen LogP contribution in [-0.4, -0.2) is 26.2 Å². The highest BCUT2D eigenvalue weighted by atomic mass is 32.1. The van der Waals surface area contributed by atoms with E-state index in [-0.39, 0.29) is 13.0 Å². The zero-order valence-electron chi connectivity index (χ0n) is 15.2. The van der Waals surface area contributed by atoms with Crippen molar-refractivity contribution >= 4 is 28.8 Å². The molecule has 0 saturated carbocycles. The average Bonchev–Trinajstić information content (AvgIpc) is 3.12. The zero-order chi connectivity index (χ0) is 19.4. The van der Waals surface area contributed by atoms with Crippen molar-refractivity contribution in [2.75, 3.05) is 5.32 Å². The third-order valence-electron chi connectivity index (χ3n) is 4.18. The Morgan fingerprint density at radius 3 is 2.48 bits per heavy atom. The quantitative estimate of drug-likeness (QED) is 0.572. The van der Waals surface area contributed by atoms with Gasteiger partial charge in [0.1, 0.15) is 5.82 Å². The highest BCUT2D eigenvalue weighted by Crippen LogP contribution is 2.29. The van der Waals surface area contributed by atoms with E-state index in [2.05, 4.69) is 17.2 Å². The van der Waals surface area contributed by atoms with Crippen LogP contribution in [0.25, 0.3) is 10.7 Å². The smallest absolute Gasteiger partial charge is 0.307 e. The molecule has 0 spiro atoms. The molecule has 2 heterocycles. The zero-order valence-corrected chi connectivity index (χ0v) is 16.0. The van der Waals surface area contributed by atoms with Crippen molar-refractivity contribution in [3.05, 3.63) is 58.1 Å². The molecule has 140 valence electrons. The SMILES string of the molecule is CCc1c(C)nc(-c2ccc(CO)s2)nc1Nc1ccc(CC(=O)O)cc1. The summed E-state index contributed by atoms with van der Waals surface area (Å²) in [4.78, 5) is 21.9. The topological polar surface area (TPSA) is 95.3 Å². The van der Waals surface area contributed by atoms with Gasteiger partial charge in [-0.1, -0.05) is 19.1 Å². The summed E-state index contributed by atoms with van der Waals surface area (Å²) in [7, 11) is 0. The Balaban J connectivity index is 1.92. The molecule has 27 heavy (non-hydrogen) atoms. The lowest BCUT2D eigenvalue weighted by Gasteiger charge is -2.14. The number of carbonyl (C=O) groups is 1. The molecule has 0 aliphatic heterocycles. The first-order valence-electron chi connectivity index (χ1n) is 8.65. The van der Waals surface area contributed by atoms with E-state index in [1.165, 1.54) is 11.3 Å². The van der Waals surface area contributed by atoms with Crippen LogP contribution in [0.4, 0.5) is 11.5 Å². The first-order valence-corrected chi connectivity index (χ1v) is 9.47. The molecular formula is C20H21N3O3S. The number of hydrogen-bond donors (Lipinski definition) is 3. The Morgan fingerprint density at radius 1 is 1.15 bits per heavy atom. The van der Waals surface area contributed by atoms with Crippen LogP contribution in [-0.2, 0) is 24.2 Å². The maximum absolute atomic E-state index is 10.8. The molecule has 3 aromatic rings. The molecule has 7 heteroatoms. The third-order valence-corrected chi connectivity index (χ3v) is 5.24. The van der Waals surface area contributed by atoms with E-state index in [1.807, 2.05) is 31.2 Å². The van der Waals surface area contributed by atoms with Crippen molar-refractivity contribution in [1.82, 2.24) is 9.97 Å². The molecule has 3 rings (SSSR count). The predicted molar refractivity (Wildman–Crippen MR) is 106 cm³/mol. The maximum atomic E-state index is 10.8. The van der Waals surface area contributed by atoms with E-state index < -0.39 is 5.97 Å². The van der Waals surface area contributed by atoms with Crippen LogP contribution in [0.3, 0.4) is 0 Å². The summed E-state index contributed by atoms with van der Waals surface area (Å²) in [5.41, 5.74) is 3.53. The van der Waals surface area contributed by atoms with E-state index in [1.54, 1.807) is 12.1 Å². The van der Waals surface area contributed by atoms with Crippen molar-refractivity contribution in [3.8, 4) is 10.7 Å². The second-order valence-corrected chi connectivity index (χ2v) is 7.30. The van der Waals surface area contributed by atoms with E-state index in [4.69, 9.17) is 10.1 Å². The monoisotopic (exact) mass is 383 g/mol. The number of benzene rings is 1. The lowest BCUT2D eigenvalue weighted by atomic mass is 10.1. The summed E-state index contributed by atoms with van der Waals surface area (Å²) in [6, 6.07) is 11.1. The Kier molecular flexibility index (Phi) is 5.83. The molecule has 0 fully saturated rings. The number of carboxylic acid groups (broad SMARTS) is 1. The van der Waals surface area contributed by atoms with Gasteiger partial charge >= 0.3 is 5.97 Å². The summed E-state index contributed by atoms with van der Waals surface area (Å²) in [5.74, 6) is 0.516. The summed E-state index contributed by atoms with van der Waals surface area (Å²) in [6.07, 6.45) is 0.792.